The minimum Gasteiger partial charge on any atom is -0.466 e. The van der Waals surface area contributed by atoms with Gasteiger partial charge in [0, 0.05) is 58.5 Å². The number of hydrogen-bond donors (Lipinski definition) is 1. The van der Waals surface area contributed by atoms with Crippen LogP contribution in [0.5, 0.6) is 0 Å². The van der Waals surface area contributed by atoms with Crippen LogP contribution in [0.1, 0.15) is 32.6 Å². The summed E-state index contributed by atoms with van der Waals surface area (Å²) in [5.74, 6) is 0.949. The summed E-state index contributed by atoms with van der Waals surface area (Å²) in [6.07, 6.45) is 4.01. The predicted molar refractivity (Wildman–Crippen MR) is 127 cm³/mol. The number of anilines is 1. The number of hydrogen-bond acceptors (Lipinski definition) is 5. The van der Waals surface area contributed by atoms with Gasteiger partial charge < -0.3 is 19.9 Å². The van der Waals surface area contributed by atoms with Crippen LogP contribution in [0.15, 0.2) is 35.3 Å². The second kappa shape index (κ2) is 12.5. The summed E-state index contributed by atoms with van der Waals surface area (Å²) in [6.45, 7) is 10.6. The molecule has 0 bridgehead atoms. The number of para-hydroxylation sites is 1. The van der Waals surface area contributed by atoms with Gasteiger partial charge in [-0.1, -0.05) is 18.2 Å². The third-order valence-electron chi connectivity index (χ3n) is 6.30. The van der Waals surface area contributed by atoms with E-state index in [9.17, 15) is 4.79 Å². The molecular formula is C24H39N5O2. The molecule has 1 aromatic rings. The largest absolute Gasteiger partial charge is 0.466 e. The number of aliphatic imine (C=N–C) groups is 1. The quantitative estimate of drug-likeness (QED) is 0.296. The Kier molecular flexibility index (Phi) is 9.46. The SMILES string of the molecule is CCOC(=O)C1CCN(C(=NC)NCCCCN2CCN(c3ccccc3)CC2)CC1. The minimum absolute atomic E-state index is 0.0386. The van der Waals surface area contributed by atoms with Crippen molar-refractivity contribution in [1.82, 2.24) is 15.1 Å². The fourth-order valence-electron chi connectivity index (χ4n) is 4.45. The summed E-state index contributed by atoms with van der Waals surface area (Å²) in [5.41, 5.74) is 1.34. The molecule has 2 aliphatic rings. The first-order valence-corrected chi connectivity index (χ1v) is 11.9. The summed E-state index contributed by atoms with van der Waals surface area (Å²) in [4.78, 5) is 23.7. The second-order valence-corrected chi connectivity index (χ2v) is 8.36. The Morgan fingerprint density at radius 3 is 2.42 bits per heavy atom. The molecule has 0 saturated carbocycles. The molecule has 7 nitrogen and oxygen atoms in total. The maximum atomic E-state index is 11.9. The van der Waals surface area contributed by atoms with E-state index in [1.165, 1.54) is 12.1 Å². The van der Waals surface area contributed by atoms with E-state index < -0.39 is 0 Å². The zero-order valence-electron chi connectivity index (χ0n) is 19.3. The number of piperazine rings is 1. The van der Waals surface area contributed by atoms with E-state index in [1.807, 2.05) is 14.0 Å². The number of rotatable bonds is 8. The highest BCUT2D eigenvalue weighted by Crippen LogP contribution is 2.19. The molecule has 2 aliphatic heterocycles. The van der Waals surface area contributed by atoms with Crippen molar-refractivity contribution in [3.05, 3.63) is 30.3 Å². The summed E-state index contributed by atoms with van der Waals surface area (Å²) >= 11 is 0. The van der Waals surface area contributed by atoms with Crippen molar-refractivity contribution in [2.45, 2.75) is 32.6 Å². The van der Waals surface area contributed by atoms with Crippen LogP contribution >= 0.6 is 0 Å². The van der Waals surface area contributed by atoms with Gasteiger partial charge in [0.2, 0.25) is 0 Å². The summed E-state index contributed by atoms with van der Waals surface area (Å²) < 4.78 is 5.16. The van der Waals surface area contributed by atoms with Crippen LogP contribution in [0.4, 0.5) is 5.69 Å². The molecule has 0 amide bonds. The Bertz CT molecular complexity index is 680. The number of guanidine groups is 1. The van der Waals surface area contributed by atoms with E-state index in [0.717, 1.165) is 77.6 Å². The molecule has 31 heavy (non-hydrogen) atoms. The molecule has 3 rings (SSSR count). The van der Waals surface area contributed by atoms with Crippen LogP contribution in [0.3, 0.4) is 0 Å². The van der Waals surface area contributed by atoms with Gasteiger partial charge in [-0.2, -0.15) is 0 Å². The van der Waals surface area contributed by atoms with E-state index in [4.69, 9.17) is 4.74 Å². The lowest BCUT2D eigenvalue weighted by molar-refractivity contribution is -0.149. The number of benzene rings is 1. The van der Waals surface area contributed by atoms with Crippen molar-refractivity contribution in [1.29, 1.82) is 0 Å². The summed E-state index contributed by atoms with van der Waals surface area (Å²) in [7, 11) is 1.84. The fraction of sp³-hybridized carbons (Fsp3) is 0.667. The van der Waals surface area contributed by atoms with Crippen molar-refractivity contribution < 1.29 is 9.53 Å². The number of likely N-dealkylation sites (tertiary alicyclic amines) is 1. The molecule has 0 spiro atoms. The van der Waals surface area contributed by atoms with Crippen molar-refractivity contribution in [2.24, 2.45) is 10.9 Å². The maximum Gasteiger partial charge on any atom is 0.309 e. The van der Waals surface area contributed by atoms with Gasteiger partial charge >= 0.3 is 5.97 Å². The van der Waals surface area contributed by atoms with Crippen LogP contribution in [0, 0.1) is 5.92 Å². The fourth-order valence-corrected chi connectivity index (χ4v) is 4.45. The molecular weight excluding hydrogens is 390 g/mol. The van der Waals surface area contributed by atoms with Crippen LogP contribution in [-0.4, -0.2) is 87.7 Å². The smallest absolute Gasteiger partial charge is 0.309 e. The van der Waals surface area contributed by atoms with Crippen molar-refractivity contribution in [3.63, 3.8) is 0 Å². The third kappa shape index (κ3) is 7.13. The molecule has 0 atom stereocenters. The van der Waals surface area contributed by atoms with Gasteiger partial charge in [0.1, 0.15) is 0 Å². The van der Waals surface area contributed by atoms with E-state index in [0.29, 0.717) is 6.61 Å². The topological polar surface area (TPSA) is 60.4 Å². The average Bonchev–Trinajstić information content (AvgIpc) is 2.83. The number of unbranched alkanes of at least 4 members (excludes halogenated alkanes) is 1. The number of nitrogens with zero attached hydrogens (tertiary/aromatic N) is 4. The molecule has 1 N–H and O–H groups in total. The Balaban J connectivity index is 1.27. The molecule has 1 aromatic carbocycles. The Morgan fingerprint density at radius 2 is 1.77 bits per heavy atom. The molecule has 2 fully saturated rings. The van der Waals surface area contributed by atoms with Crippen molar-refractivity contribution in [3.8, 4) is 0 Å². The number of piperidine rings is 1. The van der Waals surface area contributed by atoms with Gasteiger partial charge in [-0.3, -0.25) is 14.7 Å². The number of carbonyl (C=O) groups is 1. The van der Waals surface area contributed by atoms with Gasteiger partial charge in [0.15, 0.2) is 5.96 Å². The van der Waals surface area contributed by atoms with Crippen molar-refractivity contribution in [2.75, 3.05) is 70.9 Å². The van der Waals surface area contributed by atoms with E-state index in [-0.39, 0.29) is 11.9 Å². The summed E-state index contributed by atoms with van der Waals surface area (Å²) in [6, 6.07) is 10.7. The first-order valence-electron chi connectivity index (χ1n) is 11.9. The molecule has 172 valence electrons. The Morgan fingerprint density at radius 1 is 1.06 bits per heavy atom. The molecule has 0 radical (unpaired) electrons. The Hall–Kier alpha value is -2.28. The van der Waals surface area contributed by atoms with Crippen LogP contribution < -0.4 is 10.2 Å². The highest BCUT2D eigenvalue weighted by atomic mass is 16.5. The first-order chi connectivity index (χ1) is 15.2. The molecule has 0 aromatic heterocycles. The Labute approximate surface area is 187 Å². The van der Waals surface area contributed by atoms with Gasteiger partial charge in [0.25, 0.3) is 0 Å². The normalized spacial score (nSPS) is 18.8. The average molecular weight is 430 g/mol. The number of ether oxygens (including phenoxy) is 1. The second-order valence-electron chi connectivity index (χ2n) is 8.36. The van der Waals surface area contributed by atoms with E-state index >= 15 is 0 Å². The number of nitrogens with one attached hydrogen (secondary N) is 1. The van der Waals surface area contributed by atoms with Crippen LogP contribution in [0.25, 0.3) is 0 Å². The lowest BCUT2D eigenvalue weighted by Gasteiger charge is -2.36. The lowest BCUT2D eigenvalue weighted by Crippen LogP contribution is -2.47. The standard InChI is InChI=1S/C24H39N5O2/c1-3-31-23(30)21-11-15-29(16-12-21)24(25-2)26-13-7-8-14-27-17-19-28(20-18-27)22-9-5-4-6-10-22/h4-6,9-10,21H,3,7-8,11-20H2,1-2H3,(H,25,26). The lowest BCUT2D eigenvalue weighted by atomic mass is 9.97. The highest BCUT2D eigenvalue weighted by molar-refractivity contribution is 5.80. The van der Waals surface area contributed by atoms with E-state index in [2.05, 4.69) is 55.3 Å². The zero-order valence-corrected chi connectivity index (χ0v) is 19.3. The molecule has 2 heterocycles. The highest BCUT2D eigenvalue weighted by Gasteiger charge is 2.27. The predicted octanol–water partition coefficient (Wildman–Crippen LogP) is 2.44. The monoisotopic (exact) mass is 429 g/mol. The van der Waals surface area contributed by atoms with Gasteiger partial charge in [-0.05, 0) is 51.3 Å². The third-order valence-corrected chi connectivity index (χ3v) is 6.30. The minimum atomic E-state index is -0.0466. The number of esters is 1. The maximum absolute atomic E-state index is 11.9. The number of carbonyl (C=O) groups excluding carboxylic acids is 1. The van der Waals surface area contributed by atoms with E-state index in [1.54, 1.807) is 0 Å². The molecule has 0 aliphatic carbocycles. The first kappa shape index (κ1) is 23.4. The zero-order chi connectivity index (χ0) is 21.9. The molecule has 2 saturated heterocycles. The summed E-state index contributed by atoms with van der Waals surface area (Å²) in [5, 5.41) is 3.51. The van der Waals surface area contributed by atoms with Crippen molar-refractivity contribution >= 4 is 17.6 Å². The van der Waals surface area contributed by atoms with Crippen LogP contribution in [0.2, 0.25) is 0 Å². The molecule has 7 heteroatoms. The van der Waals surface area contributed by atoms with Gasteiger partial charge in [-0.25, -0.2) is 0 Å². The van der Waals surface area contributed by atoms with Gasteiger partial charge in [0.05, 0.1) is 12.5 Å². The molecule has 0 unspecified atom stereocenters. The van der Waals surface area contributed by atoms with Gasteiger partial charge in [-0.15, -0.1) is 0 Å². The van der Waals surface area contributed by atoms with Crippen LogP contribution in [-0.2, 0) is 9.53 Å².